The Kier molecular flexibility index (Phi) is 8.45. The standard InChI is InChI=1S/C25H21Cl2F3N2O4S/c1-35-10-11-37(34)15-8-6-14(7-9-15)17(13-33)24-31-19-12-18(26)21(22(27)23(19)32-24)16-4-2-3-5-20(16)36-25(28,29)30/h2-9,12,17,33H,10-11,13H2,1H3,(H,31,32). The molecule has 0 radical (unpaired) electrons. The number of para-hydroxylation sites is 1. The van der Waals surface area contributed by atoms with Crippen molar-refractivity contribution in [2.45, 2.75) is 17.2 Å². The number of fused-ring (bicyclic) bond motifs is 1. The molecule has 2 N–H and O–H groups in total. The molecule has 0 aliphatic rings. The van der Waals surface area contributed by atoms with Crippen LogP contribution in [0.4, 0.5) is 13.2 Å². The first kappa shape index (κ1) is 27.4. The second kappa shape index (κ2) is 11.4. The minimum atomic E-state index is -4.90. The second-order valence-electron chi connectivity index (χ2n) is 7.96. The summed E-state index contributed by atoms with van der Waals surface area (Å²) in [6, 6.07) is 14.0. The Morgan fingerprint density at radius 3 is 2.49 bits per heavy atom. The first-order valence-corrected chi connectivity index (χ1v) is 13.0. The van der Waals surface area contributed by atoms with Crippen LogP contribution < -0.4 is 4.74 Å². The maximum Gasteiger partial charge on any atom is 0.573 e. The zero-order chi connectivity index (χ0) is 26.7. The van der Waals surface area contributed by atoms with Crippen LogP contribution in [0.3, 0.4) is 0 Å². The summed E-state index contributed by atoms with van der Waals surface area (Å²) in [5.74, 6) is -0.291. The summed E-state index contributed by atoms with van der Waals surface area (Å²) in [5.41, 5.74) is 1.61. The van der Waals surface area contributed by atoms with Gasteiger partial charge in [-0.25, -0.2) is 4.98 Å². The summed E-state index contributed by atoms with van der Waals surface area (Å²) in [7, 11) is 0.316. The quantitative estimate of drug-likeness (QED) is 0.245. The van der Waals surface area contributed by atoms with Crippen LogP contribution in [-0.2, 0) is 15.5 Å². The van der Waals surface area contributed by atoms with Gasteiger partial charge in [0.1, 0.15) is 17.1 Å². The van der Waals surface area contributed by atoms with Gasteiger partial charge in [-0.05, 0) is 29.8 Å². The van der Waals surface area contributed by atoms with Gasteiger partial charge in [-0.3, -0.25) is 4.21 Å². The van der Waals surface area contributed by atoms with Crippen LogP contribution in [0.1, 0.15) is 17.3 Å². The summed E-state index contributed by atoms with van der Waals surface area (Å²) in [5, 5.41) is 10.3. The number of aliphatic hydroxyl groups is 1. The van der Waals surface area contributed by atoms with Gasteiger partial charge >= 0.3 is 6.36 Å². The highest BCUT2D eigenvalue weighted by atomic mass is 35.5. The molecule has 0 aliphatic heterocycles. The number of hydrogen-bond acceptors (Lipinski definition) is 5. The Morgan fingerprint density at radius 1 is 1.14 bits per heavy atom. The predicted molar refractivity (Wildman–Crippen MR) is 137 cm³/mol. The molecule has 37 heavy (non-hydrogen) atoms. The molecule has 2 atom stereocenters. The molecule has 12 heteroatoms. The third kappa shape index (κ3) is 6.10. The van der Waals surface area contributed by atoms with Gasteiger partial charge in [-0.15, -0.1) is 13.2 Å². The SMILES string of the molecule is COCCS(=O)c1ccc(C(CO)c2nc3c(Cl)c(-c4ccccc4OC(F)(F)F)c(Cl)cc3[nH]2)cc1. The normalized spacial score (nSPS) is 13.6. The topological polar surface area (TPSA) is 84.4 Å². The van der Waals surface area contributed by atoms with Gasteiger partial charge in [-0.2, -0.15) is 0 Å². The first-order chi connectivity index (χ1) is 17.6. The van der Waals surface area contributed by atoms with E-state index in [9.17, 15) is 22.5 Å². The van der Waals surface area contributed by atoms with E-state index in [0.717, 1.165) is 0 Å². The zero-order valence-electron chi connectivity index (χ0n) is 19.3. The number of nitrogens with one attached hydrogen (secondary N) is 1. The largest absolute Gasteiger partial charge is 0.573 e. The lowest BCUT2D eigenvalue weighted by Crippen LogP contribution is -2.17. The summed E-state index contributed by atoms with van der Waals surface area (Å²) in [6.07, 6.45) is -4.90. The van der Waals surface area contributed by atoms with Crippen LogP contribution >= 0.6 is 23.2 Å². The van der Waals surface area contributed by atoms with Gasteiger partial charge in [0.2, 0.25) is 0 Å². The number of aliphatic hydroxyl groups excluding tert-OH is 1. The van der Waals surface area contributed by atoms with E-state index >= 15 is 0 Å². The molecule has 1 heterocycles. The predicted octanol–water partition coefficient (Wildman–Crippen LogP) is 6.31. The van der Waals surface area contributed by atoms with E-state index in [1.165, 1.54) is 31.4 Å². The maximum absolute atomic E-state index is 13.0. The number of halogens is 5. The number of methoxy groups -OCH3 is 1. The number of rotatable bonds is 9. The van der Waals surface area contributed by atoms with Crippen molar-refractivity contribution in [1.82, 2.24) is 9.97 Å². The van der Waals surface area contributed by atoms with Crippen LogP contribution in [-0.4, -0.2) is 51.7 Å². The highest BCUT2D eigenvalue weighted by molar-refractivity contribution is 7.85. The molecule has 0 saturated carbocycles. The fraction of sp³-hybridized carbons (Fsp3) is 0.240. The van der Waals surface area contributed by atoms with Gasteiger partial charge in [0.25, 0.3) is 0 Å². The number of aromatic nitrogens is 2. The van der Waals surface area contributed by atoms with E-state index in [4.69, 9.17) is 27.9 Å². The average Bonchev–Trinajstić information content (AvgIpc) is 3.27. The molecular weight excluding hydrogens is 552 g/mol. The fourth-order valence-electron chi connectivity index (χ4n) is 3.88. The molecule has 196 valence electrons. The molecule has 1 aromatic heterocycles. The Balaban J connectivity index is 1.72. The Labute approximate surface area is 222 Å². The average molecular weight is 573 g/mol. The molecule has 3 aromatic carbocycles. The second-order valence-corrected chi connectivity index (χ2v) is 10.3. The van der Waals surface area contributed by atoms with Gasteiger partial charge in [-0.1, -0.05) is 53.5 Å². The number of alkyl halides is 3. The molecule has 0 aliphatic carbocycles. The van der Waals surface area contributed by atoms with E-state index in [2.05, 4.69) is 14.7 Å². The minimum absolute atomic E-state index is 0.0313. The van der Waals surface area contributed by atoms with Crippen LogP contribution in [0.5, 0.6) is 5.75 Å². The molecule has 2 unspecified atom stereocenters. The number of H-pyrrole nitrogens is 1. The van der Waals surface area contributed by atoms with Crippen molar-refractivity contribution in [1.29, 1.82) is 0 Å². The summed E-state index contributed by atoms with van der Waals surface area (Å²) in [4.78, 5) is 8.27. The van der Waals surface area contributed by atoms with E-state index in [1.54, 1.807) is 30.3 Å². The first-order valence-electron chi connectivity index (χ1n) is 10.9. The van der Waals surface area contributed by atoms with E-state index in [0.29, 0.717) is 34.2 Å². The number of imidazole rings is 1. The van der Waals surface area contributed by atoms with Crippen LogP contribution in [0.15, 0.2) is 59.5 Å². The van der Waals surface area contributed by atoms with Crippen molar-refractivity contribution < 1.29 is 32.0 Å². The maximum atomic E-state index is 13.0. The van der Waals surface area contributed by atoms with Crippen LogP contribution in [0.25, 0.3) is 22.2 Å². The number of nitrogens with zero attached hydrogens (tertiary/aromatic N) is 1. The molecule has 0 spiro atoms. The molecule has 4 rings (SSSR count). The minimum Gasteiger partial charge on any atom is -0.405 e. The van der Waals surface area contributed by atoms with E-state index in [1.807, 2.05) is 0 Å². The van der Waals surface area contributed by atoms with Gasteiger partial charge in [0.15, 0.2) is 0 Å². The Bertz CT molecular complexity index is 1430. The van der Waals surface area contributed by atoms with Crippen molar-refractivity contribution in [3.63, 3.8) is 0 Å². The zero-order valence-corrected chi connectivity index (χ0v) is 21.6. The molecule has 0 bridgehead atoms. The molecule has 4 aromatic rings. The Morgan fingerprint density at radius 2 is 1.84 bits per heavy atom. The summed E-state index contributed by atoms with van der Waals surface area (Å²) in [6.45, 7) is 0.0666. The molecule has 0 saturated heterocycles. The summed E-state index contributed by atoms with van der Waals surface area (Å²) >= 11 is 13.1. The van der Waals surface area contributed by atoms with Crippen molar-refractivity contribution >= 4 is 45.0 Å². The van der Waals surface area contributed by atoms with Crippen molar-refractivity contribution in [3.05, 3.63) is 76.0 Å². The number of hydrogen-bond donors (Lipinski definition) is 2. The smallest absolute Gasteiger partial charge is 0.405 e. The third-order valence-corrected chi connectivity index (χ3v) is 7.60. The molecule has 0 amide bonds. The highest BCUT2D eigenvalue weighted by Gasteiger charge is 2.33. The van der Waals surface area contributed by atoms with Gasteiger partial charge < -0.3 is 19.6 Å². The summed E-state index contributed by atoms with van der Waals surface area (Å²) < 4.78 is 60.3. The van der Waals surface area contributed by atoms with Crippen molar-refractivity contribution in [3.8, 4) is 16.9 Å². The van der Waals surface area contributed by atoms with Crippen molar-refractivity contribution in [2.75, 3.05) is 26.1 Å². The number of benzene rings is 3. The lowest BCUT2D eigenvalue weighted by molar-refractivity contribution is -0.274. The number of ether oxygens (including phenoxy) is 2. The van der Waals surface area contributed by atoms with Crippen LogP contribution in [0.2, 0.25) is 10.0 Å². The molecular formula is C25H21Cl2F3N2O4S. The molecule has 6 nitrogen and oxygen atoms in total. The van der Waals surface area contributed by atoms with Gasteiger partial charge in [0.05, 0.1) is 51.2 Å². The van der Waals surface area contributed by atoms with Gasteiger partial charge in [0, 0.05) is 23.1 Å². The van der Waals surface area contributed by atoms with E-state index < -0.39 is 28.8 Å². The van der Waals surface area contributed by atoms with E-state index in [-0.39, 0.29) is 33.3 Å². The van der Waals surface area contributed by atoms with Crippen LogP contribution in [0, 0.1) is 0 Å². The Hall–Kier alpha value is -2.63. The molecule has 0 fully saturated rings. The third-order valence-electron chi connectivity index (χ3n) is 5.60. The fourth-order valence-corrected chi connectivity index (χ4v) is 5.57. The highest BCUT2D eigenvalue weighted by Crippen LogP contribution is 2.44. The van der Waals surface area contributed by atoms with Crippen molar-refractivity contribution in [2.24, 2.45) is 0 Å². The lowest BCUT2D eigenvalue weighted by atomic mass is 9.99. The monoisotopic (exact) mass is 572 g/mol. The lowest BCUT2D eigenvalue weighted by Gasteiger charge is -2.15. The number of aromatic amines is 1.